The predicted molar refractivity (Wildman–Crippen MR) is 52.9 cm³/mol. The summed E-state index contributed by atoms with van der Waals surface area (Å²) in [7, 11) is 1.93. The largest absolute Gasteiger partial charge is 0.378 e. The van der Waals surface area contributed by atoms with Gasteiger partial charge >= 0.3 is 0 Å². The smallest absolute Gasteiger partial charge is 0.160 e. The van der Waals surface area contributed by atoms with Crippen LogP contribution in [-0.4, -0.2) is 29.1 Å². The van der Waals surface area contributed by atoms with E-state index in [0.717, 1.165) is 23.2 Å². The van der Waals surface area contributed by atoms with Crippen LogP contribution in [0, 0.1) is 0 Å². The second-order valence-corrected chi connectivity index (χ2v) is 4.66. The van der Waals surface area contributed by atoms with Gasteiger partial charge in [0.1, 0.15) is 0 Å². The average Bonchev–Trinajstić information content (AvgIpc) is 2.81. The van der Waals surface area contributed by atoms with Crippen molar-refractivity contribution in [1.82, 2.24) is 9.78 Å². The van der Waals surface area contributed by atoms with Crippen molar-refractivity contribution in [2.75, 3.05) is 13.2 Å². The van der Waals surface area contributed by atoms with E-state index in [0.29, 0.717) is 12.7 Å². The molecule has 2 aliphatic heterocycles. The maximum absolute atomic E-state index is 5.76. The van der Waals surface area contributed by atoms with Crippen molar-refractivity contribution >= 4 is 15.9 Å². The molecule has 0 saturated carbocycles. The van der Waals surface area contributed by atoms with Gasteiger partial charge in [-0.05, 0) is 15.9 Å². The van der Waals surface area contributed by atoms with Crippen LogP contribution in [0.4, 0.5) is 0 Å². The minimum Gasteiger partial charge on any atom is -0.378 e. The number of ether oxygens (including phenoxy) is 2. The summed E-state index contributed by atoms with van der Waals surface area (Å²) >= 11 is 3.50. The first-order valence-corrected chi connectivity index (χ1v) is 5.47. The second kappa shape index (κ2) is 2.81. The molecule has 2 atom stereocenters. The second-order valence-electron chi connectivity index (χ2n) is 3.80. The van der Waals surface area contributed by atoms with Crippen LogP contribution in [0.1, 0.15) is 12.1 Å². The van der Waals surface area contributed by atoms with Gasteiger partial charge in [0, 0.05) is 20.1 Å². The Morgan fingerprint density at radius 1 is 1.71 bits per heavy atom. The molecule has 5 heteroatoms. The van der Waals surface area contributed by atoms with E-state index in [4.69, 9.17) is 9.47 Å². The van der Waals surface area contributed by atoms with Crippen LogP contribution >= 0.6 is 15.9 Å². The lowest BCUT2D eigenvalue weighted by atomic mass is 9.98. The molecule has 3 rings (SSSR count). The van der Waals surface area contributed by atoms with Crippen molar-refractivity contribution in [1.29, 1.82) is 0 Å². The molecule has 0 unspecified atom stereocenters. The molecule has 2 aliphatic rings. The Balaban J connectivity index is 2.03. The lowest BCUT2D eigenvalue weighted by molar-refractivity contribution is 0.0682. The Kier molecular flexibility index (Phi) is 1.78. The Hall–Kier alpha value is -0.390. The van der Waals surface area contributed by atoms with Crippen LogP contribution in [0.2, 0.25) is 0 Å². The molecule has 0 bridgehead atoms. The van der Waals surface area contributed by atoms with E-state index in [2.05, 4.69) is 21.0 Å². The zero-order chi connectivity index (χ0) is 9.76. The van der Waals surface area contributed by atoms with Gasteiger partial charge in [0.15, 0.2) is 5.60 Å². The summed E-state index contributed by atoms with van der Waals surface area (Å²) in [5, 5.41) is 4.20. The fraction of sp³-hybridized carbons (Fsp3) is 0.667. The minimum absolute atomic E-state index is 0.220. The summed E-state index contributed by atoms with van der Waals surface area (Å²) in [4.78, 5) is 0. The molecule has 14 heavy (non-hydrogen) atoms. The lowest BCUT2D eigenvalue weighted by Crippen LogP contribution is -2.28. The van der Waals surface area contributed by atoms with Gasteiger partial charge in [-0.3, -0.25) is 4.68 Å². The van der Waals surface area contributed by atoms with Crippen molar-refractivity contribution in [2.45, 2.75) is 18.1 Å². The molecular weight excluding hydrogens is 248 g/mol. The van der Waals surface area contributed by atoms with Gasteiger partial charge in [0.25, 0.3) is 0 Å². The number of epoxide rings is 1. The molecule has 0 N–H and O–H groups in total. The normalized spacial score (nSPS) is 35.4. The SMILES string of the molecule is Cn1ncc(Br)c1[C@@]12COCC[C@H]1O2. The summed E-state index contributed by atoms with van der Waals surface area (Å²) in [5.41, 5.74) is 0.879. The van der Waals surface area contributed by atoms with Crippen LogP contribution < -0.4 is 0 Å². The van der Waals surface area contributed by atoms with Gasteiger partial charge < -0.3 is 9.47 Å². The summed E-state index contributed by atoms with van der Waals surface area (Å²) in [6.07, 6.45) is 3.11. The molecule has 0 amide bonds. The number of rotatable bonds is 1. The number of hydrogen-bond donors (Lipinski definition) is 0. The Morgan fingerprint density at radius 2 is 2.57 bits per heavy atom. The van der Waals surface area contributed by atoms with E-state index in [1.807, 2.05) is 11.7 Å². The van der Waals surface area contributed by atoms with Crippen molar-refractivity contribution in [3.8, 4) is 0 Å². The van der Waals surface area contributed by atoms with Gasteiger partial charge in [0.05, 0.1) is 29.1 Å². The van der Waals surface area contributed by atoms with Crippen molar-refractivity contribution in [3.63, 3.8) is 0 Å². The molecule has 1 aromatic rings. The zero-order valence-electron chi connectivity index (χ0n) is 7.86. The van der Waals surface area contributed by atoms with Crippen LogP contribution in [0.15, 0.2) is 10.7 Å². The fourth-order valence-corrected chi connectivity index (χ4v) is 2.90. The van der Waals surface area contributed by atoms with E-state index in [1.165, 1.54) is 0 Å². The Morgan fingerprint density at radius 3 is 3.21 bits per heavy atom. The third-order valence-electron chi connectivity index (χ3n) is 2.95. The number of aromatic nitrogens is 2. The molecule has 2 saturated heterocycles. The highest BCUT2D eigenvalue weighted by Crippen LogP contribution is 2.52. The van der Waals surface area contributed by atoms with Gasteiger partial charge in [-0.15, -0.1) is 0 Å². The van der Waals surface area contributed by atoms with E-state index in [-0.39, 0.29) is 5.60 Å². The molecule has 0 aromatic carbocycles. The zero-order valence-corrected chi connectivity index (χ0v) is 9.45. The van der Waals surface area contributed by atoms with E-state index in [1.54, 1.807) is 6.20 Å². The molecule has 0 aliphatic carbocycles. The standard InChI is InChI=1S/C9H11BrN2O2/c1-12-8(6(10)4-11-12)9-5-13-3-2-7(9)14-9/h4,7H,2-3,5H2,1H3/t7-,9-/m1/s1. The molecule has 1 aromatic heterocycles. The Labute approximate surface area is 90.3 Å². The average molecular weight is 259 g/mol. The first-order chi connectivity index (χ1) is 6.74. The summed E-state index contributed by atoms with van der Waals surface area (Å²) < 4.78 is 14.1. The highest BCUT2D eigenvalue weighted by molar-refractivity contribution is 9.10. The van der Waals surface area contributed by atoms with Gasteiger partial charge in [-0.25, -0.2) is 0 Å². The Bertz CT molecular complexity index is 359. The van der Waals surface area contributed by atoms with Gasteiger partial charge in [-0.2, -0.15) is 5.10 Å². The fourth-order valence-electron chi connectivity index (χ4n) is 2.22. The van der Waals surface area contributed by atoms with Crippen LogP contribution in [0.3, 0.4) is 0 Å². The third-order valence-corrected chi connectivity index (χ3v) is 3.53. The first-order valence-electron chi connectivity index (χ1n) is 4.67. The van der Waals surface area contributed by atoms with Crippen LogP contribution in [0.25, 0.3) is 0 Å². The predicted octanol–water partition coefficient (Wildman–Crippen LogP) is 1.20. The molecule has 3 heterocycles. The molecular formula is C9H11BrN2O2. The third kappa shape index (κ3) is 1.03. The van der Waals surface area contributed by atoms with Crippen LogP contribution in [0.5, 0.6) is 0 Å². The lowest BCUT2D eigenvalue weighted by Gasteiger charge is -2.18. The summed E-state index contributed by atoms with van der Waals surface area (Å²) in [5.74, 6) is 0. The highest BCUT2D eigenvalue weighted by atomic mass is 79.9. The van der Waals surface area contributed by atoms with Gasteiger partial charge in [-0.1, -0.05) is 0 Å². The van der Waals surface area contributed by atoms with Crippen molar-refractivity contribution < 1.29 is 9.47 Å². The number of hydrogen-bond acceptors (Lipinski definition) is 3. The van der Waals surface area contributed by atoms with E-state index >= 15 is 0 Å². The molecule has 76 valence electrons. The maximum Gasteiger partial charge on any atom is 0.160 e. The topological polar surface area (TPSA) is 39.6 Å². The molecule has 4 nitrogen and oxygen atoms in total. The number of nitrogens with zero attached hydrogens (tertiary/aromatic N) is 2. The summed E-state index contributed by atoms with van der Waals surface area (Å²) in [6, 6.07) is 0. The van der Waals surface area contributed by atoms with Crippen molar-refractivity contribution in [2.24, 2.45) is 7.05 Å². The van der Waals surface area contributed by atoms with E-state index < -0.39 is 0 Å². The van der Waals surface area contributed by atoms with Crippen molar-refractivity contribution in [3.05, 3.63) is 16.4 Å². The first kappa shape index (κ1) is 8.88. The van der Waals surface area contributed by atoms with Gasteiger partial charge in [0.2, 0.25) is 0 Å². The highest BCUT2D eigenvalue weighted by Gasteiger charge is 2.61. The van der Waals surface area contributed by atoms with Crippen LogP contribution in [-0.2, 0) is 22.1 Å². The molecule has 2 fully saturated rings. The maximum atomic E-state index is 5.76. The minimum atomic E-state index is -0.220. The number of halogens is 1. The molecule has 0 spiro atoms. The number of aryl methyl sites for hydroxylation is 1. The quantitative estimate of drug-likeness (QED) is 0.711. The summed E-state index contributed by atoms with van der Waals surface area (Å²) in [6.45, 7) is 1.46. The van der Waals surface area contributed by atoms with E-state index in [9.17, 15) is 0 Å². The number of fused-ring (bicyclic) bond motifs is 1. The molecule has 0 radical (unpaired) electrons. The monoisotopic (exact) mass is 258 g/mol.